The van der Waals surface area contributed by atoms with Gasteiger partial charge in [0.1, 0.15) is 0 Å². The first kappa shape index (κ1) is 30.8. The van der Waals surface area contributed by atoms with Gasteiger partial charge < -0.3 is 12.3 Å². The average molecular weight is 544 g/mol. The van der Waals surface area contributed by atoms with E-state index >= 15 is 0 Å². The Labute approximate surface area is 235 Å². The standard InChI is InChI=1S/C27H28BCl3.C4H12N/c1-18-7-10-21(15-24(18)29)27(13-5-4-6-14-28,22-11-8-19(2)25(30)16-22)23-12-9-20(3)26(31)17-23;1-5(2,3)4/h7-12,15-17H,4-6,13-14H2,1-3H3;1-4H3/q-1;+1. The van der Waals surface area contributed by atoms with Gasteiger partial charge in [0.25, 0.3) is 0 Å². The van der Waals surface area contributed by atoms with Crippen LogP contribution >= 0.6 is 34.8 Å². The summed E-state index contributed by atoms with van der Waals surface area (Å²) in [5.74, 6) is 0. The van der Waals surface area contributed by atoms with Crippen LogP contribution in [0.15, 0.2) is 54.6 Å². The first-order valence-corrected chi connectivity index (χ1v) is 13.7. The summed E-state index contributed by atoms with van der Waals surface area (Å²) in [4.78, 5) is 0. The Kier molecular flexibility index (Phi) is 11.4. The molecule has 0 aliphatic heterocycles. The molecule has 36 heavy (non-hydrogen) atoms. The van der Waals surface area contributed by atoms with Gasteiger partial charge in [-0.3, -0.25) is 6.32 Å². The Bertz CT molecular complexity index is 1020. The highest BCUT2D eigenvalue weighted by Crippen LogP contribution is 2.46. The molecule has 0 aliphatic carbocycles. The lowest BCUT2D eigenvalue weighted by Gasteiger charge is -2.37. The Morgan fingerprint density at radius 2 is 0.944 bits per heavy atom. The molecule has 3 radical (unpaired) electrons. The number of hydrogen-bond donors (Lipinski definition) is 0. The summed E-state index contributed by atoms with van der Waals surface area (Å²) in [7, 11) is 14.3. The van der Waals surface area contributed by atoms with E-state index in [1.807, 2.05) is 20.8 Å². The van der Waals surface area contributed by atoms with Gasteiger partial charge in [-0.05, 0) is 78.8 Å². The van der Waals surface area contributed by atoms with E-state index in [9.17, 15) is 0 Å². The van der Waals surface area contributed by atoms with E-state index in [4.69, 9.17) is 42.6 Å². The van der Waals surface area contributed by atoms with Gasteiger partial charge >= 0.3 is 0 Å². The lowest BCUT2D eigenvalue weighted by atomic mass is 9.66. The number of benzene rings is 3. The number of unbranched alkanes of at least 4 members (excludes halogenated alkanes) is 2. The summed E-state index contributed by atoms with van der Waals surface area (Å²) in [6, 6.07) is 19.1. The van der Waals surface area contributed by atoms with Crippen LogP contribution in [0.3, 0.4) is 0 Å². The summed E-state index contributed by atoms with van der Waals surface area (Å²) in [6.45, 7) is 6.08. The molecule has 0 bridgehead atoms. The molecule has 1 nitrogen and oxygen atoms in total. The average Bonchev–Trinajstić information content (AvgIpc) is 2.79. The highest BCUT2D eigenvalue weighted by atomic mass is 35.5. The number of quaternary nitrogens is 1. The van der Waals surface area contributed by atoms with Gasteiger partial charge in [0.05, 0.1) is 28.2 Å². The Balaban J connectivity index is 0.000000830. The molecule has 0 fully saturated rings. The minimum absolute atomic E-state index is 0.416. The van der Waals surface area contributed by atoms with Gasteiger partial charge in [-0.15, -0.1) is 0 Å². The van der Waals surface area contributed by atoms with Crippen LogP contribution in [0, 0.1) is 20.8 Å². The molecule has 0 aliphatic rings. The number of nitrogens with zero attached hydrogens (tertiary/aromatic N) is 1. The van der Waals surface area contributed by atoms with E-state index in [1.165, 1.54) is 0 Å². The smallest absolute Gasteiger partial charge is 0.0675 e. The van der Waals surface area contributed by atoms with Crippen LogP contribution in [0.1, 0.15) is 59.1 Å². The number of halogens is 3. The lowest BCUT2D eigenvalue weighted by molar-refractivity contribution is -0.849. The Hall–Kier alpha value is -1.45. The van der Waals surface area contributed by atoms with E-state index in [0.29, 0.717) is 6.32 Å². The first-order valence-electron chi connectivity index (χ1n) is 12.6. The van der Waals surface area contributed by atoms with Crippen molar-refractivity contribution in [3.8, 4) is 0 Å². The van der Waals surface area contributed by atoms with Gasteiger partial charge in [-0.1, -0.05) is 90.5 Å². The van der Waals surface area contributed by atoms with E-state index in [1.54, 1.807) is 0 Å². The number of aryl methyl sites for hydroxylation is 3. The van der Waals surface area contributed by atoms with Gasteiger partial charge in [0.15, 0.2) is 0 Å². The van der Waals surface area contributed by atoms with Crippen molar-refractivity contribution >= 4 is 42.6 Å². The topological polar surface area (TPSA) is 0 Å². The molecule has 0 saturated carbocycles. The van der Waals surface area contributed by atoms with Crippen molar-refractivity contribution in [1.29, 1.82) is 0 Å². The fourth-order valence-electron chi connectivity index (χ4n) is 4.22. The molecule has 0 N–H and O–H groups in total. The third-order valence-corrected chi connectivity index (χ3v) is 7.47. The zero-order chi connectivity index (χ0) is 27.1. The van der Waals surface area contributed by atoms with Crippen LogP contribution in [-0.2, 0) is 5.41 Å². The molecule has 0 heterocycles. The summed E-state index contributed by atoms with van der Waals surface area (Å²) >= 11 is 19.9. The number of rotatable bonds is 8. The summed E-state index contributed by atoms with van der Waals surface area (Å²) in [5.41, 5.74) is 6.21. The van der Waals surface area contributed by atoms with Crippen LogP contribution in [-0.4, -0.2) is 40.5 Å². The van der Waals surface area contributed by atoms with Crippen LogP contribution in [0.4, 0.5) is 0 Å². The van der Waals surface area contributed by atoms with Crippen molar-refractivity contribution in [3.05, 3.63) is 103 Å². The highest BCUT2D eigenvalue weighted by Gasteiger charge is 2.37. The molecule has 5 heteroatoms. The maximum Gasteiger partial charge on any atom is 0.0675 e. The predicted molar refractivity (Wildman–Crippen MR) is 161 cm³/mol. The third-order valence-electron chi connectivity index (χ3n) is 6.25. The zero-order valence-electron chi connectivity index (χ0n) is 22.9. The second-order valence-corrected chi connectivity index (χ2v) is 12.3. The summed E-state index contributed by atoms with van der Waals surface area (Å²) in [5, 5.41) is 2.29. The van der Waals surface area contributed by atoms with Crippen molar-refractivity contribution < 1.29 is 4.48 Å². The molecule has 0 amide bonds. The minimum Gasteiger partial charge on any atom is -0.626 e. The normalized spacial score (nSPS) is 11.8. The van der Waals surface area contributed by atoms with Crippen molar-refractivity contribution in [2.24, 2.45) is 0 Å². The van der Waals surface area contributed by atoms with Crippen molar-refractivity contribution in [3.63, 3.8) is 0 Å². The molecule has 0 unspecified atom stereocenters. The minimum atomic E-state index is -0.416. The quantitative estimate of drug-likeness (QED) is 0.115. The Morgan fingerprint density at radius 3 is 1.22 bits per heavy atom. The maximum absolute atomic E-state index is 6.62. The van der Waals surface area contributed by atoms with E-state index in [2.05, 4.69) is 82.8 Å². The summed E-state index contributed by atoms with van der Waals surface area (Å²) < 4.78 is 1.00. The molecule has 0 spiro atoms. The second-order valence-electron chi connectivity index (χ2n) is 11.1. The number of hydrogen-bond acceptors (Lipinski definition) is 0. The molecule has 3 aromatic carbocycles. The van der Waals surface area contributed by atoms with Crippen molar-refractivity contribution in [1.82, 2.24) is 0 Å². The second kappa shape index (κ2) is 13.4. The van der Waals surface area contributed by atoms with Crippen LogP contribution < -0.4 is 0 Å². The summed E-state index contributed by atoms with van der Waals surface area (Å²) in [6.07, 6.45) is 4.71. The highest BCUT2D eigenvalue weighted by molar-refractivity contribution is 6.32. The van der Waals surface area contributed by atoms with Crippen LogP contribution in [0.25, 0.3) is 0 Å². The van der Waals surface area contributed by atoms with E-state index in [-0.39, 0.29) is 0 Å². The lowest BCUT2D eigenvalue weighted by Crippen LogP contribution is -2.30. The third kappa shape index (κ3) is 8.28. The first-order chi connectivity index (χ1) is 16.8. The van der Waals surface area contributed by atoms with Crippen LogP contribution in [0.5, 0.6) is 0 Å². The van der Waals surface area contributed by atoms with Crippen molar-refractivity contribution in [2.75, 3.05) is 28.2 Å². The molecular weight excluding hydrogens is 504 g/mol. The molecule has 3 rings (SSSR count). The maximum atomic E-state index is 6.62. The van der Waals surface area contributed by atoms with Crippen LogP contribution in [0.2, 0.25) is 21.4 Å². The molecule has 0 atom stereocenters. The molecule has 3 aromatic rings. The van der Waals surface area contributed by atoms with E-state index < -0.39 is 5.41 Å². The monoisotopic (exact) mass is 542 g/mol. The van der Waals surface area contributed by atoms with Gasteiger partial charge in [0, 0.05) is 20.5 Å². The van der Waals surface area contributed by atoms with Gasteiger partial charge in [-0.25, -0.2) is 0 Å². The molecule has 0 aromatic heterocycles. The van der Waals surface area contributed by atoms with Gasteiger partial charge in [0.2, 0.25) is 0 Å². The molecule has 0 saturated heterocycles. The van der Waals surface area contributed by atoms with Gasteiger partial charge in [-0.2, -0.15) is 0 Å². The van der Waals surface area contributed by atoms with Crippen molar-refractivity contribution in [2.45, 2.75) is 58.2 Å². The zero-order valence-corrected chi connectivity index (χ0v) is 25.2. The fraction of sp³-hybridized carbons (Fsp3) is 0.419. The van der Waals surface area contributed by atoms with E-state index in [0.717, 1.165) is 78.6 Å². The predicted octanol–water partition coefficient (Wildman–Crippen LogP) is 9.38. The molecular formula is C31H40BCl3N. The Morgan fingerprint density at radius 1 is 0.611 bits per heavy atom. The molecule has 193 valence electrons. The largest absolute Gasteiger partial charge is 0.626 e. The SMILES string of the molecule is C[N+](C)(C)C.[B-]CCCCCC(c1ccc(C)c(Cl)c1)(c1ccc(C)c(Cl)c1)c1ccc(C)c(Cl)c1. The fourth-order valence-corrected chi connectivity index (χ4v) is 4.76.